The van der Waals surface area contributed by atoms with Gasteiger partial charge in [-0.2, -0.15) is 0 Å². The molecule has 0 radical (unpaired) electrons. The van der Waals surface area contributed by atoms with Gasteiger partial charge in [0, 0.05) is 18.8 Å². The van der Waals surface area contributed by atoms with Crippen LogP contribution in [0.5, 0.6) is 0 Å². The largest absolute Gasteiger partial charge is 0.380 e. The summed E-state index contributed by atoms with van der Waals surface area (Å²) in [6, 6.07) is 5.31. The van der Waals surface area contributed by atoms with Crippen LogP contribution >= 0.6 is 11.8 Å². The van der Waals surface area contributed by atoms with Gasteiger partial charge in [0.1, 0.15) is 5.69 Å². The Balaban J connectivity index is 2.77. The van der Waals surface area contributed by atoms with E-state index in [0.29, 0.717) is 5.69 Å². The molecule has 4 heteroatoms. The standard InChI is InChI=1S/C11H14N2OS/c1-3-12-11(15-2)8-10(14)9-6-4-5-7-13-9/h4-8,12H,3H2,1-2H3. The van der Waals surface area contributed by atoms with Gasteiger partial charge in [-0.25, -0.2) is 0 Å². The monoisotopic (exact) mass is 222 g/mol. The summed E-state index contributed by atoms with van der Waals surface area (Å²) >= 11 is 1.52. The topological polar surface area (TPSA) is 42.0 Å². The maximum absolute atomic E-state index is 11.7. The van der Waals surface area contributed by atoms with Crippen molar-refractivity contribution in [3.05, 3.63) is 41.2 Å². The van der Waals surface area contributed by atoms with E-state index in [1.54, 1.807) is 30.5 Å². The van der Waals surface area contributed by atoms with E-state index in [9.17, 15) is 4.79 Å². The van der Waals surface area contributed by atoms with Gasteiger partial charge in [-0.15, -0.1) is 11.8 Å². The summed E-state index contributed by atoms with van der Waals surface area (Å²) in [6.45, 7) is 2.80. The van der Waals surface area contributed by atoms with Crippen LogP contribution in [0.2, 0.25) is 0 Å². The molecule has 0 atom stereocenters. The second kappa shape index (κ2) is 6.24. The number of thioether (sulfide) groups is 1. The molecule has 0 aliphatic carbocycles. The Bertz CT molecular complexity index is 349. The highest BCUT2D eigenvalue weighted by atomic mass is 32.2. The first-order chi connectivity index (χ1) is 7.27. The Morgan fingerprint density at radius 1 is 1.60 bits per heavy atom. The normalized spacial score (nSPS) is 11.2. The number of hydrogen-bond donors (Lipinski definition) is 1. The molecular weight excluding hydrogens is 208 g/mol. The summed E-state index contributed by atoms with van der Waals surface area (Å²) in [4.78, 5) is 15.7. The number of hydrogen-bond acceptors (Lipinski definition) is 4. The van der Waals surface area contributed by atoms with Crippen LogP contribution in [0, 0.1) is 0 Å². The lowest BCUT2D eigenvalue weighted by atomic mass is 10.2. The van der Waals surface area contributed by atoms with Gasteiger partial charge >= 0.3 is 0 Å². The first kappa shape index (κ1) is 11.8. The second-order valence-corrected chi connectivity index (χ2v) is 3.67. The molecule has 0 fully saturated rings. The van der Waals surface area contributed by atoms with Crippen molar-refractivity contribution in [1.82, 2.24) is 10.3 Å². The maximum atomic E-state index is 11.7. The van der Waals surface area contributed by atoms with Crippen LogP contribution in [0.4, 0.5) is 0 Å². The Labute approximate surface area is 94.0 Å². The first-order valence-corrected chi connectivity index (χ1v) is 5.95. The molecule has 1 heterocycles. The number of rotatable bonds is 5. The summed E-state index contributed by atoms with van der Waals surface area (Å²) < 4.78 is 0. The van der Waals surface area contributed by atoms with E-state index in [1.807, 2.05) is 13.2 Å². The van der Waals surface area contributed by atoms with E-state index in [2.05, 4.69) is 10.3 Å². The Morgan fingerprint density at radius 3 is 2.93 bits per heavy atom. The molecular formula is C11H14N2OS. The van der Waals surface area contributed by atoms with Crippen molar-refractivity contribution in [2.45, 2.75) is 6.92 Å². The van der Waals surface area contributed by atoms with Crippen LogP contribution in [0.3, 0.4) is 0 Å². The molecule has 0 aliphatic rings. The molecule has 0 amide bonds. The van der Waals surface area contributed by atoms with E-state index in [1.165, 1.54) is 11.8 Å². The fourth-order valence-corrected chi connectivity index (χ4v) is 1.57. The molecule has 3 nitrogen and oxygen atoms in total. The van der Waals surface area contributed by atoms with Gasteiger partial charge in [-0.05, 0) is 25.3 Å². The smallest absolute Gasteiger partial charge is 0.206 e. The minimum Gasteiger partial charge on any atom is -0.380 e. The molecule has 0 unspecified atom stereocenters. The third-order valence-electron chi connectivity index (χ3n) is 1.75. The Hall–Kier alpha value is -1.29. The summed E-state index contributed by atoms with van der Waals surface area (Å²) in [7, 11) is 0. The number of aromatic nitrogens is 1. The quantitative estimate of drug-likeness (QED) is 0.612. The molecule has 15 heavy (non-hydrogen) atoms. The summed E-state index contributed by atoms with van der Waals surface area (Å²) in [6.07, 6.45) is 5.13. The number of nitrogens with zero attached hydrogens (tertiary/aromatic N) is 1. The van der Waals surface area contributed by atoms with Crippen LogP contribution < -0.4 is 5.32 Å². The van der Waals surface area contributed by atoms with Crippen molar-refractivity contribution in [3.63, 3.8) is 0 Å². The molecule has 0 bridgehead atoms. The molecule has 0 saturated heterocycles. The lowest BCUT2D eigenvalue weighted by Crippen LogP contribution is -2.11. The van der Waals surface area contributed by atoms with E-state index < -0.39 is 0 Å². The van der Waals surface area contributed by atoms with Gasteiger partial charge in [0.15, 0.2) is 0 Å². The maximum Gasteiger partial charge on any atom is 0.206 e. The van der Waals surface area contributed by atoms with Crippen LogP contribution in [0.15, 0.2) is 35.5 Å². The molecule has 1 aromatic heterocycles. The Morgan fingerprint density at radius 2 is 2.40 bits per heavy atom. The van der Waals surface area contributed by atoms with E-state index >= 15 is 0 Å². The molecule has 1 aromatic rings. The zero-order valence-corrected chi connectivity index (χ0v) is 9.67. The molecule has 0 saturated carbocycles. The van der Waals surface area contributed by atoms with Crippen molar-refractivity contribution in [3.8, 4) is 0 Å². The molecule has 80 valence electrons. The van der Waals surface area contributed by atoms with Crippen molar-refractivity contribution in [2.75, 3.05) is 12.8 Å². The summed E-state index contributed by atoms with van der Waals surface area (Å²) in [5.41, 5.74) is 0.474. The van der Waals surface area contributed by atoms with Crippen LogP contribution in [0.1, 0.15) is 17.4 Å². The van der Waals surface area contributed by atoms with Gasteiger partial charge in [0.2, 0.25) is 5.78 Å². The van der Waals surface area contributed by atoms with Crippen molar-refractivity contribution in [1.29, 1.82) is 0 Å². The third kappa shape index (κ3) is 3.75. The molecule has 0 aliphatic heterocycles. The van der Waals surface area contributed by atoms with Gasteiger partial charge in [-0.3, -0.25) is 9.78 Å². The third-order valence-corrected chi connectivity index (χ3v) is 2.45. The highest BCUT2D eigenvalue weighted by molar-refractivity contribution is 8.02. The van der Waals surface area contributed by atoms with Crippen molar-refractivity contribution in [2.24, 2.45) is 0 Å². The SMILES string of the molecule is CCNC(=CC(=O)c1ccccn1)SC. The zero-order valence-electron chi connectivity index (χ0n) is 8.86. The molecule has 0 spiro atoms. The van der Waals surface area contributed by atoms with Gasteiger partial charge in [0.05, 0.1) is 5.03 Å². The predicted octanol–water partition coefficient (Wildman–Crippen LogP) is 2.08. The molecule has 1 rings (SSSR count). The molecule has 0 aromatic carbocycles. The number of pyridine rings is 1. The summed E-state index contributed by atoms with van der Waals surface area (Å²) in [5, 5.41) is 3.98. The van der Waals surface area contributed by atoms with Gasteiger partial charge < -0.3 is 5.32 Å². The second-order valence-electron chi connectivity index (χ2n) is 2.82. The van der Waals surface area contributed by atoms with E-state index in [4.69, 9.17) is 0 Å². The van der Waals surface area contributed by atoms with Crippen LogP contribution in [-0.4, -0.2) is 23.6 Å². The van der Waals surface area contributed by atoms with E-state index in [0.717, 1.165) is 11.6 Å². The van der Waals surface area contributed by atoms with Crippen LogP contribution in [0.25, 0.3) is 0 Å². The fourth-order valence-electron chi connectivity index (χ4n) is 1.06. The average molecular weight is 222 g/mol. The van der Waals surface area contributed by atoms with Crippen molar-refractivity contribution < 1.29 is 4.79 Å². The minimum absolute atomic E-state index is 0.0686. The van der Waals surface area contributed by atoms with E-state index in [-0.39, 0.29) is 5.78 Å². The molecule has 1 N–H and O–H groups in total. The first-order valence-electron chi connectivity index (χ1n) is 4.72. The lowest BCUT2D eigenvalue weighted by Gasteiger charge is -2.04. The predicted molar refractivity (Wildman–Crippen MR) is 63.8 cm³/mol. The number of carbonyl (C=O) groups excluding carboxylic acids is 1. The van der Waals surface area contributed by atoms with Crippen LogP contribution in [-0.2, 0) is 0 Å². The summed E-state index contributed by atoms with van der Waals surface area (Å²) in [5.74, 6) is -0.0686. The average Bonchev–Trinajstić information content (AvgIpc) is 2.29. The lowest BCUT2D eigenvalue weighted by molar-refractivity contribution is 0.104. The number of nitrogens with one attached hydrogen (secondary N) is 1. The van der Waals surface area contributed by atoms with Gasteiger partial charge in [-0.1, -0.05) is 6.07 Å². The highest BCUT2D eigenvalue weighted by Crippen LogP contribution is 2.08. The number of ketones is 1. The zero-order chi connectivity index (χ0) is 11.1. The highest BCUT2D eigenvalue weighted by Gasteiger charge is 2.04. The number of carbonyl (C=O) groups is 1. The van der Waals surface area contributed by atoms with Gasteiger partial charge in [0.25, 0.3) is 0 Å². The van der Waals surface area contributed by atoms with Crippen molar-refractivity contribution >= 4 is 17.5 Å². The number of allylic oxidation sites excluding steroid dienone is 1. The minimum atomic E-state index is -0.0686. The Kier molecular flexibility index (Phi) is 4.90. The fraction of sp³-hybridized carbons (Fsp3) is 0.273.